The van der Waals surface area contributed by atoms with E-state index in [0.29, 0.717) is 6.04 Å². The van der Waals surface area contributed by atoms with Crippen molar-refractivity contribution >= 4 is 5.69 Å². The normalized spacial score (nSPS) is 17.6. The van der Waals surface area contributed by atoms with E-state index < -0.39 is 0 Å². The van der Waals surface area contributed by atoms with Gasteiger partial charge in [0.15, 0.2) is 0 Å². The first-order chi connectivity index (χ1) is 10.6. The molecule has 0 spiro atoms. The molecular formula is C19H32N2O. The Morgan fingerprint density at radius 2 is 2.00 bits per heavy atom. The van der Waals surface area contributed by atoms with Gasteiger partial charge in [-0.3, -0.25) is 0 Å². The summed E-state index contributed by atoms with van der Waals surface area (Å²) >= 11 is 0. The number of rotatable bonds is 7. The molecule has 0 aromatic heterocycles. The molecule has 2 rings (SSSR count). The van der Waals surface area contributed by atoms with Crippen LogP contribution < -0.4 is 10.5 Å². The number of likely N-dealkylation sites (N-methyl/N-ethyl adjacent to an activating group) is 1. The molecular weight excluding hydrogens is 272 g/mol. The molecule has 0 radical (unpaired) electrons. The monoisotopic (exact) mass is 304 g/mol. The first-order valence-corrected chi connectivity index (χ1v) is 8.85. The van der Waals surface area contributed by atoms with Crippen molar-refractivity contribution in [2.45, 2.75) is 70.9 Å². The molecule has 3 nitrogen and oxygen atoms in total. The van der Waals surface area contributed by atoms with Gasteiger partial charge in [0.1, 0.15) is 5.75 Å². The van der Waals surface area contributed by atoms with Crippen LogP contribution in [-0.2, 0) is 6.42 Å². The number of benzene rings is 1. The summed E-state index contributed by atoms with van der Waals surface area (Å²) in [5, 5.41) is 0. The van der Waals surface area contributed by atoms with Crippen LogP contribution in [0.5, 0.6) is 5.75 Å². The van der Waals surface area contributed by atoms with E-state index >= 15 is 0 Å². The Hall–Kier alpha value is -1.22. The highest BCUT2D eigenvalue weighted by Gasteiger charge is 2.22. The van der Waals surface area contributed by atoms with E-state index in [4.69, 9.17) is 10.5 Å². The summed E-state index contributed by atoms with van der Waals surface area (Å²) in [4.78, 5) is 2.57. The number of nitrogens with two attached hydrogens (primary N) is 1. The molecule has 1 aromatic carbocycles. The lowest BCUT2D eigenvalue weighted by atomic mass is 9.93. The van der Waals surface area contributed by atoms with Crippen molar-refractivity contribution in [3.63, 3.8) is 0 Å². The van der Waals surface area contributed by atoms with Crippen molar-refractivity contribution in [1.82, 2.24) is 4.90 Å². The highest BCUT2D eigenvalue weighted by atomic mass is 16.5. The van der Waals surface area contributed by atoms with Gasteiger partial charge < -0.3 is 15.4 Å². The number of nitrogens with zero attached hydrogens (tertiary/aromatic N) is 1. The van der Waals surface area contributed by atoms with Crippen LogP contribution in [0.2, 0.25) is 0 Å². The quantitative estimate of drug-likeness (QED) is 0.765. The van der Waals surface area contributed by atoms with Crippen LogP contribution in [-0.4, -0.2) is 30.6 Å². The molecule has 0 aliphatic heterocycles. The van der Waals surface area contributed by atoms with E-state index in [-0.39, 0.29) is 0 Å². The van der Waals surface area contributed by atoms with E-state index in [9.17, 15) is 0 Å². The molecule has 0 saturated heterocycles. The molecule has 1 atom stereocenters. The summed E-state index contributed by atoms with van der Waals surface area (Å²) in [7, 11) is 2.28. The molecule has 1 aliphatic rings. The summed E-state index contributed by atoms with van der Waals surface area (Å²) in [5.74, 6) is 0.818. The van der Waals surface area contributed by atoms with E-state index in [1.165, 1.54) is 37.7 Å². The third-order valence-corrected chi connectivity index (χ3v) is 4.91. The summed E-state index contributed by atoms with van der Waals surface area (Å²) in [6, 6.07) is 7.56. The average Bonchev–Trinajstić information content (AvgIpc) is 2.54. The van der Waals surface area contributed by atoms with Gasteiger partial charge in [-0.15, -0.1) is 0 Å². The molecule has 0 amide bonds. The van der Waals surface area contributed by atoms with E-state index in [1.807, 2.05) is 6.07 Å². The Morgan fingerprint density at radius 3 is 2.64 bits per heavy atom. The van der Waals surface area contributed by atoms with Gasteiger partial charge in [0.25, 0.3) is 0 Å². The lowest BCUT2D eigenvalue weighted by Gasteiger charge is -2.35. The predicted octanol–water partition coefficient (Wildman–Crippen LogP) is 4.25. The van der Waals surface area contributed by atoms with Gasteiger partial charge in [0.2, 0.25) is 0 Å². The Bertz CT molecular complexity index is 455. The Balaban J connectivity index is 1.92. The minimum Gasteiger partial charge on any atom is -0.491 e. The average molecular weight is 304 g/mol. The molecule has 1 aromatic rings. The number of hydrogen-bond acceptors (Lipinski definition) is 3. The van der Waals surface area contributed by atoms with Gasteiger partial charge in [-0.1, -0.05) is 32.3 Å². The fourth-order valence-electron chi connectivity index (χ4n) is 3.40. The van der Waals surface area contributed by atoms with Gasteiger partial charge in [-0.25, -0.2) is 0 Å². The van der Waals surface area contributed by atoms with Crippen molar-refractivity contribution in [1.29, 1.82) is 0 Å². The van der Waals surface area contributed by atoms with Crippen molar-refractivity contribution in [3.05, 3.63) is 23.8 Å². The second-order valence-corrected chi connectivity index (χ2v) is 6.73. The molecule has 124 valence electrons. The molecule has 22 heavy (non-hydrogen) atoms. The third-order valence-electron chi connectivity index (χ3n) is 4.91. The second kappa shape index (κ2) is 8.42. The number of nitrogen functional groups attached to an aromatic ring is 1. The van der Waals surface area contributed by atoms with E-state index in [0.717, 1.165) is 36.9 Å². The second-order valence-electron chi connectivity index (χ2n) is 6.73. The topological polar surface area (TPSA) is 38.5 Å². The zero-order valence-electron chi connectivity index (χ0n) is 14.5. The van der Waals surface area contributed by atoms with Gasteiger partial charge in [0, 0.05) is 12.1 Å². The highest BCUT2D eigenvalue weighted by Crippen LogP contribution is 2.26. The van der Waals surface area contributed by atoms with Crippen LogP contribution in [0.25, 0.3) is 0 Å². The SMILES string of the molecule is CCCOc1ccc(CC(C)N(C)C2CCCCC2)cc1N. The van der Waals surface area contributed by atoms with Crippen molar-refractivity contribution in [2.75, 3.05) is 19.4 Å². The lowest BCUT2D eigenvalue weighted by molar-refractivity contribution is 0.145. The van der Waals surface area contributed by atoms with Crippen LogP contribution in [0.4, 0.5) is 5.69 Å². The summed E-state index contributed by atoms with van der Waals surface area (Å²) in [6.45, 7) is 5.16. The number of anilines is 1. The zero-order valence-corrected chi connectivity index (χ0v) is 14.5. The van der Waals surface area contributed by atoms with Crippen LogP contribution in [0, 0.1) is 0 Å². The van der Waals surface area contributed by atoms with Crippen LogP contribution in [0.3, 0.4) is 0 Å². The first-order valence-electron chi connectivity index (χ1n) is 8.85. The summed E-state index contributed by atoms with van der Waals surface area (Å²) in [6.07, 6.45) is 8.94. The Morgan fingerprint density at radius 1 is 1.27 bits per heavy atom. The molecule has 3 heteroatoms. The van der Waals surface area contributed by atoms with Crippen molar-refractivity contribution in [2.24, 2.45) is 0 Å². The highest BCUT2D eigenvalue weighted by molar-refractivity contribution is 5.54. The zero-order chi connectivity index (χ0) is 15.9. The van der Waals surface area contributed by atoms with Crippen molar-refractivity contribution < 1.29 is 4.74 Å². The standard InChI is InChI=1S/C19H32N2O/c1-4-12-22-19-11-10-16(14-18(19)20)13-15(2)21(3)17-8-6-5-7-9-17/h10-11,14-15,17H,4-9,12-13,20H2,1-3H3. The Kier molecular flexibility index (Phi) is 6.56. The van der Waals surface area contributed by atoms with Gasteiger partial charge >= 0.3 is 0 Å². The molecule has 1 unspecified atom stereocenters. The van der Waals surface area contributed by atoms with Gasteiger partial charge in [-0.05, 0) is 57.4 Å². The maximum Gasteiger partial charge on any atom is 0.142 e. The molecule has 1 saturated carbocycles. The summed E-state index contributed by atoms with van der Waals surface area (Å²) in [5.41, 5.74) is 8.18. The fraction of sp³-hybridized carbons (Fsp3) is 0.684. The Labute approximate surface area is 135 Å². The van der Waals surface area contributed by atoms with Crippen molar-refractivity contribution in [3.8, 4) is 5.75 Å². The molecule has 1 fully saturated rings. The summed E-state index contributed by atoms with van der Waals surface area (Å²) < 4.78 is 5.65. The smallest absolute Gasteiger partial charge is 0.142 e. The molecule has 1 aliphatic carbocycles. The van der Waals surface area contributed by atoms with Gasteiger partial charge in [-0.2, -0.15) is 0 Å². The molecule has 0 bridgehead atoms. The first kappa shape index (κ1) is 17.1. The largest absolute Gasteiger partial charge is 0.491 e. The van der Waals surface area contributed by atoms with Crippen LogP contribution in [0.1, 0.15) is 57.9 Å². The number of ether oxygens (including phenoxy) is 1. The maximum atomic E-state index is 6.12. The van der Waals surface area contributed by atoms with Gasteiger partial charge in [0.05, 0.1) is 12.3 Å². The maximum absolute atomic E-state index is 6.12. The predicted molar refractivity (Wildman–Crippen MR) is 94.4 cm³/mol. The molecule has 2 N–H and O–H groups in total. The number of hydrogen-bond donors (Lipinski definition) is 1. The van der Waals surface area contributed by atoms with E-state index in [1.54, 1.807) is 0 Å². The molecule has 0 heterocycles. The minimum atomic E-state index is 0.546. The third kappa shape index (κ3) is 4.64. The van der Waals surface area contributed by atoms with E-state index in [2.05, 4.69) is 37.9 Å². The fourth-order valence-corrected chi connectivity index (χ4v) is 3.40. The minimum absolute atomic E-state index is 0.546. The lowest BCUT2D eigenvalue weighted by Crippen LogP contribution is -2.40. The van der Waals surface area contributed by atoms with Crippen LogP contribution >= 0.6 is 0 Å². The van der Waals surface area contributed by atoms with Crippen LogP contribution in [0.15, 0.2) is 18.2 Å².